The third kappa shape index (κ3) is 2.65. The minimum Gasteiger partial charge on any atom is -0.455 e. The molecule has 5 nitrogen and oxygen atoms in total. The van der Waals surface area contributed by atoms with Crippen LogP contribution >= 0.6 is 11.3 Å². The molecule has 0 amide bonds. The van der Waals surface area contributed by atoms with Crippen LogP contribution in [0.3, 0.4) is 0 Å². The molecule has 3 rings (SSSR count). The van der Waals surface area contributed by atoms with Crippen molar-refractivity contribution in [3.63, 3.8) is 0 Å². The number of hydrogen-bond donors (Lipinski definition) is 1. The van der Waals surface area contributed by atoms with Gasteiger partial charge in [0.05, 0.1) is 0 Å². The highest BCUT2D eigenvalue weighted by atomic mass is 32.2. The molecule has 106 valence electrons. The van der Waals surface area contributed by atoms with E-state index in [1.807, 2.05) is 30.3 Å². The zero-order chi connectivity index (χ0) is 14.0. The zero-order valence-electron chi connectivity index (χ0n) is 10.5. The molecule has 2 bridgehead atoms. The molecule has 0 saturated heterocycles. The van der Waals surface area contributed by atoms with Crippen molar-refractivity contribution in [2.45, 2.75) is 11.3 Å². The number of nitrogens with one attached hydrogen (secondary N) is 1. The van der Waals surface area contributed by atoms with Crippen LogP contribution in [-0.2, 0) is 16.4 Å². The molecule has 1 N–H and O–H groups in total. The maximum Gasteiger partial charge on any atom is 0.248 e. The van der Waals surface area contributed by atoms with Crippen molar-refractivity contribution in [2.24, 2.45) is 0 Å². The third-order valence-corrected chi connectivity index (χ3v) is 5.41. The number of benzene rings is 1. The predicted octanol–water partition coefficient (Wildman–Crippen LogP) is 2.00. The summed E-state index contributed by atoms with van der Waals surface area (Å²) in [5.41, 5.74) is 1.08. The second-order valence-electron chi connectivity index (χ2n) is 4.26. The van der Waals surface area contributed by atoms with E-state index in [1.54, 1.807) is 5.38 Å². The largest absolute Gasteiger partial charge is 0.455 e. The van der Waals surface area contributed by atoms with Crippen molar-refractivity contribution in [1.29, 1.82) is 0 Å². The first-order valence-corrected chi connectivity index (χ1v) is 8.44. The third-order valence-electron chi connectivity index (χ3n) is 2.90. The molecule has 0 radical (unpaired) electrons. The Kier molecular flexibility index (Phi) is 3.64. The number of hydrogen-bond acceptors (Lipinski definition) is 5. The fourth-order valence-corrected chi connectivity index (χ4v) is 4.40. The highest BCUT2D eigenvalue weighted by Crippen LogP contribution is 2.42. The van der Waals surface area contributed by atoms with Crippen LogP contribution in [0.15, 0.2) is 40.6 Å². The molecule has 2 heterocycles. The number of ether oxygens (including phenoxy) is 2. The van der Waals surface area contributed by atoms with Crippen LogP contribution in [0.25, 0.3) is 0 Å². The van der Waals surface area contributed by atoms with Crippen molar-refractivity contribution in [3.8, 4) is 10.8 Å². The summed E-state index contributed by atoms with van der Waals surface area (Å²) >= 11 is 1.23. The number of rotatable bonds is 5. The smallest absolute Gasteiger partial charge is 0.248 e. The first-order chi connectivity index (χ1) is 9.67. The minimum atomic E-state index is -3.60. The summed E-state index contributed by atoms with van der Waals surface area (Å²) in [7, 11) is -3.60. The maximum absolute atomic E-state index is 12.3. The molecule has 7 heteroatoms. The molecule has 20 heavy (non-hydrogen) atoms. The lowest BCUT2D eigenvalue weighted by molar-refractivity contribution is 0.102. The number of fused-ring (bicyclic) bond motifs is 2. The molecular formula is C13H13NO4S2. The van der Waals surface area contributed by atoms with Crippen molar-refractivity contribution >= 4 is 21.4 Å². The van der Waals surface area contributed by atoms with E-state index in [9.17, 15) is 8.42 Å². The molecule has 0 spiro atoms. The van der Waals surface area contributed by atoms with Crippen LogP contribution in [0, 0.1) is 0 Å². The van der Waals surface area contributed by atoms with Gasteiger partial charge in [0.15, 0.2) is 10.6 Å². The highest BCUT2D eigenvalue weighted by molar-refractivity contribution is 7.89. The van der Waals surface area contributed by atoms with Gasteiger partial charge < -0.3 is 9.47 Å². The Balaban J connectivity index is 1.69. The van der Waals surface area contributed by atoms with E-state index in [0.717, 1.165) is 5.56 Å². The van der Waals surface area contributed by atoms with E-state index in [0.29, 0.717) is 23.8 Å². The molecule has 0 saturated carbocycles. The Bertz CT molecular complexity index is 673. The monoisotopic (exact) mass is 311 g/mol. The van der Waals surface area contributed by atoms with E-state index in [2.05, 4.69) is 4.72 Å². The quantitative estimate of drug-likeness (QED) is 0.917. The van der Waals surface area contributed by atoms with E-state index < -0.39 is 10.0 Å². The second-order valence-corrected chi connectivity index (χ2v) is 6.80. The Morgan fingerprint density at radius 2 is 2.00 bits per heavy atom. The average molecular weight is 311 g/mol. The summed E-state index contributed by atoms with van der Waals surface area (Å²) < 4.78 is 37.4. The van der Waals surface area contributed by atoms with Gasteiger partial charge in [0.2, 0.25) is 21.9 Å². The molecule has 0 aliphatic carbocycles. The molecule has 1 aliphatic rings. The second kappa shape index (κ2) is 5.43. The van der Waals surface area contributed by atoms with E-state index in [-0.39, 0.29) is 11.7 Å². The van der Waals surface area contributed by atoms with Gasteiger partial charge in [-0.05, 0) is 12.0 Å². The van der Waals surface area contributed by atoms with Gasteiger partial charge >= 0.3 is 0 Å². The van der Waals surface area contributed by atoms with Gasteiger partial charge in [-0.25, -0.2) is 13.1 Å². The Morgan fingerprint density at radius 3 is 2.75 bits per heavy atom. The van der Waals surface area contributed by atoms with Gasteiger partial charge in [0, 0.05) is 11.9 Å². The van der Waals surface area contributed by atoms with Crippen LogP contribution in [0.1, 0.15) is 5.56 Å². The molecule has 1 aromatic carbocycles. The lowest BCUT2D eigenvalue weighted by Crippen LogP contribution is -2.28. The average Bonchev–Trinajstić information content (AvgIpc) is 2.72. The zero-order valence-corrected chi connectivity index (χ0v) is 12.2. The molecule has 0 unspecified atom stereocenters. The first kappa shape index (κ1) is 13.4. The van der Waals surface area contributed by atoms with E-state index in [1.165, 1.54) is 11.3 Å². The summed E-state index contributed by atoms with van der Waals surface area (Å²) in [4.78, 5) is 0.113. The Labute approximate surface area is 121 Å². The van der Waals surface area contributed by atoms with Gasteiger partial charge in [0.25, 0.3) is 0 Å². The molecule has 1 aromatic heterocycles. The lowest BCUT2D eigenvalue weighted by Gasteiger charge is -2.15. The summed E-state index contributed by atoms with van der Waals surface area (Å²) in [6, 6.07) is 9.71. The minimum absolute atomic E-state index is 0.0667. The molecule has 1 aliphatic heterocycles. The summed E-state index contributed by atoms with van der Waals surface area (Å²) in [6.07, 6.45) is 0.636. The van der Waals surface area contributed by atoms with Crippen LogP contribution in [0.2, 0.25) is 0 Å². The first-order valence-electron chi connectivity index (χ1n) is 6.07. The molecule has 0 atom stereocenters. The summed E-state index contributed by atoms with van der Waals surface area (Å²) in [5.74, 6) is 0.364. The highest BCUT2D eigenvalue weighted by Gasteiger charge is 2.30. The van der Waals surface area contributed by atoms with Gasteiger partial charge in [-0.1, -0.05) is 30.3 Å². The predicted molar refractivity (Wildman–Crippen MR) is 75.8 cm³/mol. The van der Waals surface area contributed by atoms with Gasteiger partial charge in [-0.2, -0.15) is 0 Å². The maximum atomic E-state index is 12.3. The van der Waals surface area contributed by atoms with Crippen LogP contribution in [-0.4, -0.2) is 21.8 Å². The van der Waals surface area contributed by atoms with Crippen molar-refractivity contribution in [3.05, 3.63) is 41.3 Å². The molecule has 2 aromatic rings. The van der Waals surface area contributed by atoms with Gasteiger partial charge in [-0.3, -0.25) is 0 Å². The fourth-order valence-electron chi connectivity index (χ4n) is 1.95. The van der Waals surface area contributed by atoms with E-state index in [4.69, 9.17) is 9.47 Å². The SMILES string of the molecule is O=S(=O)(NCCc1ccccc1)c1c2csc1OCO2. The van der Waals surface area contributed by atoms with Crippen molar-refractivity contribution in [2.75, 3.05) is 13.3 Å². The number of sulfonamides is 1. The molecular weight excluding hydrogens is 298 g/mol. The fraction of sp³-hybridized carbons (Fsp3) is 0.231. The van der Waals surface area contributed by atoms with Gasteiger partial charge in [0.1, 0.15) is 0 Å². The van der Waals surface area contributed by atoms with Crippen molar-refractivity contribution < 1.29 is 17.9 Å². The van der Waals surface area contributed by atoms with Crippen molar-refractivity contribution in [1.82, 2.24) is 4.72 Å². The number of thiophene rings is 1. The Hall–Kier alpha value is -1.57. The summed E-state index contributed by atoms with van der Waals surface area (Å²) in [5, 5.41) is 2.03. The van der Waals surface area contributed by atoms with Crippen LogP contribution in [0.5, 0.6) is 10.8 Å². The van der Waals surface area contributed by atoms with E-state index >= 15 is 0 Å². The standard InChI is InChI=1S/C13H13NO4S2/c15-20(16,12-11-8-19-13(12)18-9-17-11)14-7-6-10-4-2-1-3-5-10/h1-5,8,14H,6-7,9H2. The van der Waals surface area contributed by atoms with Gasteiger partial charge in [-0.15, -0.1) is 11.3 Å². The van der Waals surface area contributed by atoms with Crippen LogP contribution < -0.4 is 14.2 Å². The Morgan fingerprint density at radius 1 is 1.20 bits per heavy atom. The summed E-state index contributed by atoms with van der Waals surface area (Å²) in [6.45, 7) is 0.401. The molecule has 0 fully saturated rings. The lowest BCUT2D eigenvalue weighted by atomic mass is 10.2. The topological polar surface area (TPSA) is 64.6 Å². The van der Waals surface area contributed by atoms with Crippen LogP contribution in [0.4, 0.5) is 0 Å². The normalized spacial score (nSPS) is 13.6.